The molecule has 0 spiro atoms. The first-order chi connectivity index (χ1) is 11.3. The van der Waals surface area contributed by atoms with E-state index in [0.717, 1.165) is 23.9 Å². The zero-order valence-electron chi connectivity index (χ0n) is 13.0. The lowest BCUT2D eigenvalue weighted by molar-refractivity contribution is 0.523. The van der Waals surface area contributed by atoms with E-state index in [2.05, 4.69) is 45.0 Å². The van der Waals surface area contributed by atoms with Gasteiger partial charge in [0.2, 0.25) is 0 Å². The summed E-state index contributed by atoms with van der Waals surface area (Å²) in [6, 6.07) is 11.2. The minimum absolute atomic E-state index is 0.466. The van der Waals surface area contributed by atoms with E-state index >= 15 is 0 Å². The fourth-order valence-corrected chi connectivity index (χ4v) is 3.77. The van der Waals surface area contributed by atoms with E-state index in [1.807, 2.05) is 6.07 Å². The van der Waals surface area contributed by atoms with Gasteiger partial charge in [0, 0.05) is 18.8 Å². The number of hydrogen-bond acceptors (Lipinski definition) is 4. The van der Waals surface area contributed by atoms with Gasteiger partial charge >= 0.3 is 0 Å². The lowest BCUT2D eigenvalue weighted by Crippen LogP contribution is -2.06. The second-order valence-electron chi connectivity index (χ2n) is 6.33. The van der Waals surface area contributed by atoms with Crippen LogP contribution in [0, 0.1) is 0 Å². The van der Waals surface area contributed by atoms with Gasteiger partial charge in [-0.05, 0) is 42.4 Å². The number of nitrogens with zero attached hydrogens (tertiary/aromatic N) is 3. The van der Waals surface area contributed by atoms with Gasteiger partial charge in [-0.25, -0.2) is 9.97 Å². The smallest absolute Gasteiger partial charge is 0.145 e. The summed E-state index contributed by atoms with van der Waals surface area (Å²) in [6.45, 7) is 0.600. The highest BCUT2D eigenvalue weighted by molar-refractivity contribution is 5.86. The van der Waals surface area contributed by atoms with E-state index in [1.165, 1.54) is 17.5 Å². The topological polar surface area (TPSA) is 82.8 Å². The van der Waals surface area contributed by atoms with Gasteiger partial charge in [0.15, 0.2) is 0 Å². The molecule has 118 valence electrons. The van der Waals surface area contributed by atoms with Crippen LogP contribution in [0.3, 0.4) is 0 Å². The van der Waals surface area contributed by atoms with Crippen LogP contribution >= 0.6 is 0 Å². The van der Waals surface area contributed by atoms with Crippen LogP contribution in [-0.2, 0) is 6.54 Å². The van der Waals surface area contributed by atoms with Crippen molar-refractivity contribution < 1.29 is 0 Å². The van der Waals surface area contributed by atoms with Gasteiger partial charge in [-0.15, -0.1) is 0 Å². The molecule has 2 aromatic heterocycles. The average Bonchev–Trinajstić information content (AvgIpc) is 3.22. The lowest BCUT2D eigenvalue weighted by atomic mass is 9.96. The predicted molar refractivity (Wildman–Crippen MR) is 91.9 cm³/mol. The van der Waals surface area contributed by atoms with Crippen molar-refractivity contribution in [2.24, 2.45) is 5.73 Å². The molecule has 1 aliphatic rings. The summed E-state index contributed by atoms with van der Waals surface area (Å²) in [5.41, 5.74) is 15.3. The third kappa shape index (κ3) is 2.47. The number of nitrogens with two attached hydrogens (primary N) is 2. The van der Waals surface area contributed by atoms with E-state index in [9.17, 15) is 0 Å². The van der Waals surface area contributed by atoms with Gasteiger partial charge in [-0.2, -0.15) is 0 Å². The molecule has 1 saturated carbocycles. The van der Waals surface area contributed by atoms with E-state index in [-0.39, 0.29) is 0 Å². The molecule has 0 bridgehead atoms. The zero-order valence-corrected chi connectivity index (χ0v) is 13.0. The minimum atomic E-state index is 0.466. The number of nitrogen functional groups attached to an aromatic ring is 1. The molecule has 0 amide bonds. The molecule has 2 atom stereocenters. The van der Waals surface area contributed by atoms with Crippen molar-refractivity contribution in [1.82, 2.24) is 14.5 Å². The maximum atomic E-state index is 5.94. The van der Waals surface area contributed by atoms with Crippen molar-refractivity contribution >= 4 is 16.9 Å². The maximum Gasteiger partial charge on any atom is 0.145 e. The van der Waals surface area contributed by atoms with Crippen LogP contribution < -0.4 is 11.5 Å². The molecule has 5 nitrogen and oxygen atoms in total. The van der Waals surface area contributed by atoms with E-state index in [0.29, 0.717) is 24.3 Å². The van der Waals surface area contributed by atoms with Crippen LogP contribution in [0.1, 0.15) is 42.3 Å². The number of benzene rings is 1. The monoisotopic (exact) mass is 307 g/mol. The zero-order chi connectivity index (χ0) is 15.8. The normalized spacial score (nSPS) is 21.1. The molecule has 3 aromatic rings. The van der Waals surface area contributed by atoms with Crippen LogP contribution in [0.5, 0.6) is 0 Å². The highest BCUT2D eigenvalue weighted by Gasteiger charge is 2.28. The summed E-state index contributed by atoms with van der Waals surface area (Å²) in [5.74, 6) is 1.14. The SMILES string of the molecule is NCc1cccc(C2CCC(n3ccc4c(N)ncnc43)C2)c1. The van der Waals surface area contributed by atoms with Crippen molar-refractivity contribution in [2.75, 3.05) is 5.73 Å². The summed E-state index contributed by atoms with van der Waals surface area (Å²) >= 11 is 0. The molecule has 1 aromatic carbocycles. The van der Waals surface area contributed by atoms with Crippen LogP contribution in [0.15, 0.2) is 42.9 Å². The fourth-order valence-electron chi connectivity index (χ4n) is 3.77. The van der Waals surface area contributed by atoms with Gasteiger partial charge in [0.1, 0.15) is 17.8 Å². The first-order valence-corrected chi connectivity index (χ1v) is 8.12. The number of fused-ring (bicyclic) bond motifs is 1. The maximum absolute atomic E-state index is 5.94. The van der Waals surface area contributed by atoms with Crippen molar-refractivity contribution in [3.8, 4) is 0 Å². The molecule has 23 heavy (non-hydrogen) atoms. The molecule has 4 N–H and O–H groups in total. The first kappa shape index (κ1) is 14.2. The Labute approximate surface area is 135 Å². The van der Waals surface area contributed by atoms with Crippen LogP contribution in [0.4, 0.5) is 5.82 Å². The minimum Gasteiger partial charge on any atom is -0.383 e. The van der Waals surface area contributed by atoms with E-state index in [4.69, 9.17) is 11.5 Å². The second-order valence-corrected chi connectivity index (χ2v) is 6.33. The molecule has 4 rings (SSSR count). The summed E-state index contributed by atoms with van der Waals surface area (Å²) in [4.78, 5) is 8.50. The molecular formula is C18H21N5. The third-order valence-corrected chi connectivity index (χ3v) is 5.00. The van der Waals surface area contributed by atoms with Gasteiger partial charge in [-0.3, -0.25) is 0 Å². The standard InChI is InChI=1S/C18H21N5/c19-10-12-2-1-3-13(8-12)14-4-5-15(9-14)23-7-6-16-17(20)21-11-22-18(16)23/h1-3,6-8,11,14-15H,4-5,9-10,19H2,(H2,20,21,22). The Kier molecular flexibility index (Phi) is 3.50. The van der Waals surface area contributed by atoms with E-state index in [1.54, 1.807) is 6.33 Å². The molecule has 2 unspecified atom stereocenters. The van der Waals surface area contributed by atoms with Crippen molar-refractivity contribution in [2.45, 2.75) is 37.8 Å². The largest absolute Gasteiger partial charge is 0.383 e. The summed E-state index contributed by atoms with van der Waals surface area (Å²) in [5, 5.41) is 0.945. The van der Waals surface area contributed by atoms with Crippen LogP contribution in [0.2, 0.25) is 0 Å². The molecule has 0 aliphatic heterocycles. The molecule has 0 saturated heterocycles. The predicted octanol–water partition coefficient (Wildman–Crippen LogP) is 2.98. The van der Waals surface area contributed by atoms with Gasteiger partial charge < -0.3 is 16.0 Å². The number of anilines is 1. The molecule has 2 heterocycles. The third-order valence-electron chi connectivity index (χ3n) is 5.00. The van der Waals surface area contributed by atoms with Gasteiger partial charge in [-0.1, -0.05) is 24.3 Å². The quantitative estimate of drug-likeness (QED) is 0.779. The summed E-state index contributed by atoms with van der Waals surface area (Å²) in [7, 11) is 0. The molecular weight excluding hydrogens is 286 g/mol. The Balaban J connectivity index is 1.61. The highest BCUT2D eigenvalue weighted by atomic mass is 15.1. The van der Waals surface area contributed by atoms with Gasteiger partial charge in [0.05, 0.1) is 5.39 Å². The fraction of sp³-hybridized carbons (Fsp3) is 0.333. The number of rotatable bonds is 3. The lowest BCUT2D eigenvalue weighted by Gasteiger charge is -2.15. The number of aromatic nitrogens is 3. The molecule has 5 heteroatoms. The molecule has 1 fully saturated rings. The highest BCUT2D eigenvalue weighted by Crippen LogP contribution is 2.42. The Morgan fingerprint density at radius 2 is 2.09 bits per heavy atom. The van der Waals surface area contributed by atoms with Crippen molar-refractivity contribution in [3.63, 3.8) is 0 Å². The first-order valence-electron chi connectivity index (χ1n) is 8.12. The van der Waals surface area contributed by atoms with Crippen LogP contribution in [-0.4, -0.2) is 14.5 Å². The number of hydrogen-bond donors (Lipinski definition) is 2. The molecule has 0 radical (unpaired) electrons. The Morgan fingerprint density at radius 3 is 2.96 bits per heavy atom. The second kappa shape index (κ2) is 5.66. The van der Waals surface area contributed by atoms with Crippen molar-refractivity contribution in [1.29, 1.82) is 0 Å². The molecule has 1 aliphatic carbocycles. The van der Waals surface area contributed by atoms with Crippen molar-refractivity contribution in [3.05, 3.63) is 54.0 Å². The Hall–Kier alpha value is -2.40. The average molecular weight is 307 g/mol. The van der Waals surface area contributed by atoms with E-state index < -0.39 is 0 Å². The Bertz CT molecular complexity index is 838. The Morgan fingerprint density at radius 1 is 1.17 bits per heavy atom. The summed E-state index contributed by atoms with van der Waals surface area (Å²) < 4.78 is 2.26. The summed E-state index contributed by atoms with van der Waals surface area (Å²) in [6.07, 6.45) is 7.12. The van der Waals surface area contributed by atoms with Gasteiger partial charge in [0.25, 0.3) is 0 Å². The van der Waals surface area contributed by atoms with Crippen LogP contribution in [0.25, 0.3) is 11.0 Å².